The minimum absolute atomic E-state index is 0.440. The van der Waals surface area contributed by atoms with Crippen molar-refractivity contribution in [3.8, 4) is 0 Å². The highest BCUT2D eigenvalue weighted by Gasteiger charge is 2.33. The van der Waals surface area contributed by atoms with Gasteiger partial charge in [0.1, 0.15) is 10.3 Å². The third kappa shape index (κ3) is 2.22. The molecule has 1 heterocycles. The Balaban J connectivity index is 3.21. The van der Waals surface area contributed by atoms with Crippen LogP contribution in [-0.2, 0) is 6.18 Å². The van der Waals surface area contributed by atoms with E-state index in [1.54, 1.807) is 0 Å². The Morgan fingerprint density at radius 3 is 2.36 bits per heavy atom. The fourth-order valence-electron chi connectivity index (χ4n) is 0.765. The van der Waals surface area contributed by atoms with Gasteiger partial charge in [0, 0.05) is 0 Å². The molecule has 7 heteroatoms. The normalized spacial score (nSPS) is 11.4. The molecule has 0 saturated carbocycles. The highest BCUT2D eigenvalue weighted by Crippen LogP contribution is 2.33. The molecule has 1 rings (SSSR count). The lowest BCUT2D eigenvalue weighted by Crippen LogP contribution is -2.09. The standard InChI is InChI=1S/C7H3BrF3NO2/c8-5-3(7(9,10)11)1-2-4(12-5)6(13)14/h1-2H,(H,13,14). The summed E-state index contributed by atoms with van der Waals surface area (Å²) in [6.45, 7) is 0. The van der Waals surface area contributed by atoms with Crippen molar-refractivity contribution in [2.24, 2.45) is 0 Å². The van der Waals surface area contributed by atoms with Gasteiger partial charge in [-0.15, -0.1) is 0 Å². The molecular weight excluding hydrogens is 267 g/mol. The summed E-state index contributed by atoms with van der Waals surface area (Å²) in [5.41, 5.74) is -1.44. The highest BCUT2D eigenvalue weighted by atomic mass is 79.9. The minimum atomic E-state index is -4.54. The number of carboxylic acid groups (broad SMARTS) is 1. The molecule has 0 spiro atoms. The number of pyridine rings is 1. The quantitative estimate of drug-likeness (QED) is 0.798. The molecule has 0 aliphatic heterocycles. The van der Waals surface area contributed by atoms with Crippen molar-refractivity contribution in [1.29, 1.82) is 0 Å². The van der Waals surface area contributed by atoms with Gasteiger partial charge >= 0.3 is 12.1 Å². The molecule has 0 saturated heterocycles. The lowest BCUT2D eigenvalue weighted by atomic mass is 10.2. The average molecular weight is 270 g/mol. The number of hydrogen-bond acceptors (Lipinski definition) is 2. The Bertz CT molecular complexity index is 378. The van der Waals surface area contributed by atoms with E-state index in [-0.39, 0.29) is 0 Å². The van der Waals surface area contributed by atoms with E-state index in [4.69, 9.17) is 5.11 Å². The van der Waals surface area contributed by atoms with Crippen molar-refractivity contribution in [1.82, 2.24) is 4.98 Å². The predicted molar refractivity (Wildman–Crippen MR) is 43.9 cm³/mol. The Kier molecular flexibility index (Phi) is 2.79. The molecule has 0 radical (unpaired) electrons. The number of aromatic nitrogens is 1. The largest absolute Gasteiger partial charge is 0.477 e. The van der Waals surface area contributed by atoms with Gasteiger partial charge in [-0.3, -0.25) is 0 Å². The van der Waals surface area contributed by atoms with Gasteiger partial charge in [0.05, 0.1) is 5.56 Å². The van der Waals surface area contributed by atoms with E-state index in [0.29, 0.717) is 6.07 Å². The molecule has 0 aliphatic rings. The van der Waals surface area contributed by atoms with E-state index in [0.717, 1.165) is 6.07 Å². The third-order valence-corrected chi connectivity index (χ3v) is 1.98. The zero-order valence-corrected chi connectivity index (χ0v) is 8.06. The summed E-state index contributed by atoms with van der Waals surface area (Å²) < 4.78 is 36.0. The number of carboxylic acids is 1. The van der Waals surface area contributed by atoms with Crippen LogP contribution in [0.3, 0.4) is 0 Å². The summed E-state index contributed by atoms with van der Waals surface area (Å²) in [5, 5.41) is 8.44. The van der Waals surface area contributed by atoms with Crippen LogP contribution in [0.2, 0.25) is 0 Å². The van der Waals surface area contributed by atoms with Gasteiger partial charge in [0.15, 0.2) is 0 Å². The van der Waals surface area contributed by atoms with Crippen LogP contribution < -0.4 is 0 Å². The fraction of sp³-hybridized carbons (Fsp3) is 0.143. The summed E-state index contributed by atoms with van der Waals surface area (Å²) in [4.78, 5) is 13.6. The second-order valence-corrected chi connectivity index (χ2v) is 3.09. The number of nitrogens with zero attached hydrogens (tertiary/aromatic N) is 1. The first kappa shape index (κ1) is 11.0. The monoisotopic (exact) mass is 269 g/mol. The fourth-order valence-corrected chi connectivity index (χ4v) is 1.31. The van der Waals surface area contributed by atoms with Crippen LogP contribution in [-0.4, -0.2) is 16.1 Å². The molecule has 0 bridgehead atoms. The second-order valence-electron chi connectivity index (χ2n) is 2.34. The van der Waals surface area contributed by atoms with Gasteiger partial charge in [-0.1, -0.05) is 0 Å². The number of hydrogen-bond donors (Lipinski definition) is 1. The van der Waals surface area contributed by atoms with Gasteiger partial charge in [-0.25, -0.2) is 9.78 Å². The Morgan fingerprint density at radius 2 is 2.00 bits per heavy atom. The maximum Gasteiger partial charge on any atom is 0.419 e. The molecule has 0 aliphatic carbocycles. The predicted octanol–water partition coefficient (Wildman–Crippen LogP) is 2.56. The first-order chi connectivity index (χ1) is 6.32. The van der Waals surface area contributed by atoms with Gasteiger partial charge in [-0.2, -0.15) is 13.2 Å². The first-order valence-electron chi connectivity index (χ1n) is 3.29. The molecule has 14 heavy (non-hydrogen) atoms. The van der Waals surface area contributed by atoms with Crippen molar-refractivity contribution in [3.63, 3.8) is 0 Å². The summed E-state index contributed by atoms with van der Waals surface area (Å²) in [6, 6.07) is 1.47. The van der Waals surface area contributed by atoms with Crippen LogP contribution >= 0.6 is 15.9 Å². The highest BCUT2D eigenvalue weighted by molar-refractivity contribution is 9.10. The number of halogens is 4. The summed E-state index contributed by atoms with van der Waals surface area (Å²) in [6.07, 6.45) is -4.54. The average Bonchev–Trinajstić information content (AvgIpc) is 2.01. The van der Waals surface area contributed by atoms with Gasteiger partial charge < -0.3 is 5.11 Å². The zero-order chi connectivity index (χ0) is 10.9. The van der Waals surface area contributed by atoms with E-state index < -0.39 is 28.0 Å². The van der Waals surface area contributed by atoms with Gasteiger partial charge in [-0.05, 0) is 28.1 Å². The maximum absolute atomic E-state index is 12.2. The summed E-state index contributed by atoms with van der Waals surface area (Å²) in [7, 11) is 0. The Labute approximate surface area is 84.7 Å². The number of alkyl halides is 3. The topological polar surface area (TPSA) is 50.2 Å². The molecule has 76 valence electrons. The third-order valence-electron chi connectivity index (χ3n) is 1.37. The van der Waals surface area contributed by atoms with E-state index in [9.17, 15) is 18.0 Å². The van der Waals surface area contributed by atoms with Crippen LogP contribution in [0.5, 0.6) is 0 Å². The lowest BCUT2D eigenvalue weighted by molar-refractivity contribution is -0.138. The molecule has 0 fully saturated rings. The molecule has 3 nitrogen and oxygen atoms in total. The second kappa shape index (κ2) is 3.56. The van der Waals surface area contributed by atoms with Crippen molar-refractivity contribution >= 4 is 21.9 Å². The van der Waals surface area contributed by atoms with Crippen LogP contribution in [0.15, 0.2) is 16.7 Å². The molecule has 0 amide bonds. The lowest BCUT2D eigenvalue weighted by Gasteiger charge is -2.07. The Hall–Kier alpha value is -1.11. The van der Waals surface area contributed by atoms with Crippen LogP contribution in [0.1, 0.15) is 16.1 Å². The van der Waals surface area contributed by atoms with E-state index in [1.807, 2.05) is 0 Å². The van der Waals surface area contributed by atoms with Crippen molar-refractivity contribution in [2.45, 2.75) is 6.18 Å². The Morgan fingerprint density at radius 1 is 1.43 bits per heavy atom. The molecule has 1 aromatic rings. The molecule has 1 aromatic heterocycles. The van der Waals surface area contributed by atoms with Crippen LogP contribution in [0.4, 0.5) is 13.2 Å². The molecule has 0 aromatic carbocycles. The smallest absolute Gasteiger partial charge is 0.419 e. The van der Waals surface area contributed by atoms with Crippen molar-refractivity contribution in [3.05, 3.63) is 28.0 Å². The number of aromatic carboxylic acids is 1. The van der Waals surface area contributed by atoms with Gasteiger partial charge in [0.2, 0.25) is 0 Å². The van der Waals surface area contributed by atoms with E-state index in [1.165, 1.54) is 0 Å². The molecule has 0 unspecified atom stereocenters. The SMILES string of the molecule is O=C(O)c1ccc(C(F)(F)F)c(Br)n1. The van der Waals surface area contributed by atoms with Crippen molar-refractivity contribution in [2.75, 3.05) is 0 Å². The van der Waals surface area contributed by atoms with Crippen molar-refractivity contribution < 1.29 is 23.1 Å². The summed E-state index contributed by atoms with van der Waals surface area (Å²) >= 11 is 2.56. The minimum Gasteiger partial charge on any atom is -0.477 e. The molecule has 1 N–H and O–H groups in total. The van der Waals surface area contributed by atoms with E-state index >= 15 is 0 Å². The zero-order valence-electron chi connectivity index (χ0n) is 6.47. The van der Waals surface area contributed by atoms with E-state index in [2.05, 4.69) is 20.9 Å². The molecule has 0 atom stereocenters. The maximum atomic E-state index is 12.2. The molecular formula is C7H3BrF3NO2. The number of carbonyl (C=O) groups is 1. The first-order valence-corrected chi connectivity index (χ1v) is 4.08. The summed E-state index contributed by atoms with van der Waals surface area (Å²) in [5.74, 6) is -1.38. The van der Waals surface area contributed by atoms with Gasteiger partial charge in [0.25, 0.3) is 0 Å². The van der Waals surface area contributed by atoms with Crippen LogP contribution in [0.25, 0.3) is 0 Å². The number of rotatable bonds is 1. The van der Waals surface area contributed by atoms with Crippen LogP contribution in [0, 0.1) is 0 Å².